The van der Waals surface area contributed by atoms with Gasteiger partial charge in [0.1, 0.15) is 0 Å². The minimum atomic E-state index is 0.114. The summed E-state index contributed by atoms with van der Waals surface area (Å²) in [6.45, 7) is 3.78. The van der Waals surface area contributed by atoms with E-state index in [4.69, 9.17) is 9.47 Å². The summed E-state index contributed by atoms with van der Waals surface area (Å²) in [7, 11) is 0. The van der Waals surface area contributed by atoms with Gasteiger partial charge in [-0.25, -0.2) is 0 Å². The smallest absolute Gasteiger partial charge is 0.160 e. The third kappa shape index (κ3) is 3.70. The molecule has 1 aliphatic heterocycles. The van der Waals surface area contributed by atoms with Gasteiger partial charge < -0.3 is 9.47 Å². The molecule has 0 bridgehead atoms. The minimum absolute atomic E-state index is 0.114. The van der Waals surface area contributed by atoms with Gasteiger partial charge >= 0.3 is 0 Å². The summed E-state index contributed by atoms with van der Waals surface area (Å²) in [6.07, 6.45) is 11.2. The van der Waals surface area contributed by atoms with Gasteiger partial charge in [-0.3, -0.25) is 0 Å². The lowest BCUT2D eigenvalue weighted by Crippen LogP contribution is -2.30. The fourth-order valence-electron chi connectivity index (χ4n) is 5.30. The molecule has 1 aromatic rings. The van der Waals surface area contributed by atoms with E-state index >= 15 is 0 Å². The van der Waals surface area contributed by atoms with Crippen molar-refractivity contribution in [3.8, 4) is 0 Å². The zero-order chi connectivity index (χ0) is 16.4. The highest BCUT2D eigenvalue weighted by molar-refractivity contribution is 5.24. The van der Waals surface area contributed by atoms with Crippen LogP contribution in [0.3, 0.4) is 0 Å². The van der Waals surface area contributed by atoms with Gasteiger partial charge in [-0.15, -0.1) is 0 Å². The molecule has 0 unspecified atom stereocenters. The van der Waals surface area contributed by atoms with Crippen molar-refractivity contribution in [1.29, 1.82) is 0 Å². The van der Waals surface area contributed by atoms with Gasteiger partial charge in [0.2, 0.25) is 0 Å². The summed E-state index contributed by atoms with van der Waals surface area (Å²) in [5.41, 5.74) is 2.94. The molecule has 3 aliphatic rings. The van der Waals surface area contributed by atoms with E-state index in [2.05, 4.69) is 31.2 Å². The van der Waals surface area contributed by atoms with Crippen LogP contribution >= 0.6 is 0 Å². The van der Waals surface area contributed by atoms with Gasteiger partial charge in [0, 0.05) is 5.92 Å². The average Bonchev–Trinajstić information content (AvgIpc) is 3.17. The highest BCUT2D eigenvalue weighted by atomic mass is 16.7. The summed E-state index contributed by atoms with van der Waals surface area (Å²) < 4.78 is 11.4. The van der Waals surface area contributed by atoms with Crippen LogP contribution in [0.25, 0.3) is 0 Å². The Balaban J connectivity index is 1.25. The molecule has 2 aliphatic carbocycles. The lowest BCUT2D eigenvalue weighted by molar-refractivity contribution is -0.0972. The monoisotopic (exact) mass is 328 g/mol. The Morgan fingerprint density at radius 3 is 1.75 bits per heavy atom. The number of rotatable bonds is 3. The highest BCUT2D eigenvalue weighted by Crippen LogP contribution is 2.44. The van der Waals surface area contributed by atoms with Gasteiger partial charge in [0.15, 0.2) is 6.29 Å². The van der Waals surface area contributed by atoms with Crippen LogP contribution in [0.5, 0.6) is 0 Å². The molecule has 0 spiro atoms. The molecule has 2 saturated carbocycles. The van der Waals surface area contributed by atoms with Crippen LogP contribution in [0.1, 0.15) is 68.4 Å². The van der Waals surface area contributed by atoms with E-state index in [1.165, 1.54) is 56.9 Å². The van der Waals surface area contributed by atoms with Crippen LogP contribution in [0, 0.1) is 24.7 Å². The second kappa shape index (κ2) is 7.58. The van der Waals surface area contributed by atoms with Crippen LogP contribution < -0.4 is 0 Å². The molecule has 24 heavy (non-hydrogen) atoms. The highest BCUT2D eigenvalue weighted by Gasteiger charge is 2.35. The van der Waals surface area contributed by atoms with Gasteiger partial charge in [0.25, 0.3) is 0 Å². The molecule has 132 valence electrons. The average molecular weight is 328 g/mol. The van der Waals surface area contributed by atoms with Gasteiger partial charge in [-0.1, -0.05) is 29.8 Å². The molecule has 2 nitrogen and oxygen atoms in total. The van der Waals surface area contributed by atoms with E-state index in [0.717, 1.165) is 31.0 Å². The number of hydrogen-bond donors (Lipinski definition) is 0. The van der Waals surface area contributed by atoms with Crippen LogP contribution in [-0.2, 0) is 9.47 Å². The summed E-state index contributed by atoms with van der Waals surface area (Å²) in [5, 5.41) is 0. The van der Waals surface area contributed by atoms with Crippen LogP contribution in [0.2, 0.25) is 0 Å². The molecule has 0 amide bonds. The largest absolute Gasteiger partial charge is 0.350 e. The predicted octanol–water partition coefficient (Wildman–Crippen LogP) is 5.45. The fraction of sp³-hybridized carbons (Fsp3) is 0.727. The molecule has 2 heteroatoms. The lowest BCUT2D eigenvalue weighted by atomic mass is 9.68. The number of ether oxygens (including phenoxy) is 2. The van der Waals surface area contributed by atoms with Crippen LogP contribution in [-0.4, -0.2) is 19.5 Å². The Labute approximate surface area is 146 Å². The van der Waals surface area contributed by atoms with Crippen molar-refractivity contribution in [3.63, 3.8) is 0 Å². The molecule has 4 rings (SSSR count). The zero-order valence-corrected chi connectivity index (χ0v) is 15.1. The van der Waals surface area contributed by atoms with Crippen LogP contribution in [0.15, 0.2) is 24.3 Å². The van der Waals surface area contributed by atoms with Crippen molar-refractivity contribution in [2.24, 2.45) is 17.8 Å². The molecule has 1 aromatic carbocycles. The van der Waals surface area contributed by atoms with Gasteiger partial charge in [-0.2, -0.15) is 0 Å². The summed E-state index contributed by atoms with van der Waals surface area (Å²) in [5.74, 6) is 3.39. The van der Waals surface area contributed by atoms with E-state index in [1.807, 2.05) is 0 Å². The molecule has 0 atom stereocenters. The molecule has 1 heterocycles. The predicted molar refractivity (Wildman–Crippen MR) is 97.0 cm³/mol. The molecule has 1 saturated heterocycles. The fourth-order valence-corrected chi connectivity index (χ4v) is 5.30. The number of benzene rings is 1. The van der Waals surface area contributed by atoms with E-state index in [1.54, 1.807) is 5.56 Å². The molecule has 0 radical (unpaired) electrons. The molecular weight excluding hydrogens is 296 g/mol. The molecule has 0 N–H and O–H groups in total. The summed E-state index contributed by atoms with van der Waals surface area (Å²) in [6, 6.07) is 9.26. The Bertz CT molecular complexity index is 501. The quantitative estimate of drug-likeness (QED) is 0.734. The Morgan fingerprint density at radius 2 is 1.17 bits per heavy atom. The topological polar surface area (TPSA) is 18.5 Å². The van der Waals surface area contributed by atoms with Crippen molar-refractivity contribution < 1.29 is 9.47 Å². The van der Waals surface area contributed by atoms with E-state index in [-0.39, 0.29) is 6.29 Å². The van der Waals surface area contributed by atoms with Gasteiger partial charge in [-0.05, 0) is 81.6 Å². The van der Waals surface area contributed by atoms with E-state index < -0.39 is 0 Å². The first-order valence-corrected chi connectivity index (χ1v) is 10.1. The summed E-state index contributed by atoms with van der Waals surface area (Å²) >= 11 is 0. The minimum Gasteiger partial charge on any atom is -0.350 e. The van der Waals surface area contributed by atoms with Crippen molar-refractivity contribution in [2.45, 2.75) is 70.5 Å². The Kier molecular flexibility index (Phi) is 5.24. The Morgan fingerprint density at radius 1 is 0.667 bits per heavy atom. The zero-order valence-electron chi connectivity index (χ0n) is 15.1. The maximum Gasteiger partial charge on any atom is 0.160 e. The third-order valence-corrected chi connectivity index (χ3v) is 6.84. The normalized spacial score (nSPS) is 35.2. The Hall–Kier alpha value is -0.860. The number of aryl methyl sites for hydroxylation is 1. The molecule has 0 aromatic heterocycles. The second-order valence-electron chi connectivity index (χ2n) is 8.31. The maximum absolute atomic E-state index is 5.72. The molecular formula is C22H32O2. The van der Waals surface area contributed by atoms with Crippen molar-refractivity contribution >= 4 is 0 Å². The maximum atomic E-state index is 5.72. The van der Waals surface area contributed by atoms with Crippen molar-refractivity contribution in [3.05, 3.63) is 35.4 Å². The van der Waals surface area contributed by atoms with E-state index in [9.17, 15) is 0 Å². The second-order valence-corrected chi connectivity index (χ2v) is 8.31. The molecule has 3 fully saturated rings. The third-order valence-electron chi connectivity index (χ3n) is 6.84. The standard InChI is InChI=1S/C22H32O2/c1-16-2-4-17(5-3-16)18-6-8-19(9-7-18)20-10-12-21(13-11-20)22-23-14-15-24-22/h2-5,18-22H,6-15H2,1H3. The summed E-state index contributed by atoms with van der Waals surface area (Å²) in [4.78, 5) is 0. The van der Waals surface area contributed by atoms with E-state index in [0.29, 0.717) is 5.92 Å². The lowest BCUT2D eigenvalue weighted by Gasteiger charge is -2.38. The SMILES string of the molecule is Cc1ccc(C2CCC(C3CCC(C4OCCO4)CC3)CC2)cc1. The first kappa shape index (κ1) is 16.6. The van der Waals surface area contributed by atoms with Gasteiger partial charge in [0.05, 0.1) is 13.2 Å². The first-order valence-electron chi connectivity index (χ1n) is 10.1. The van der Waals surface area contributed by atoms with Crippen LogP contribution in [0.4, 0.5) is 0 Å². The number of hydrogen-bond acceptors (Lipinski definition) is 2. The van der Waals surface area contributed by atoms with Crippen molar-refractivity contribution in [1.82, 2.24) is 0 Å². The first-order chi connectivity index (χ1) is 11.8. The van der Waals surface area contributed by atoms with Crippen molar-refractivity contribution in [2.75, 3.05) is 13.2 Å².